The van der Waals surface area contributed by atoms with Gasteiger partial charge in [0.05, 0.1) is 30.5 Å². The molecule has 6 nitrogen and oxygen atoms in total. The van der Waals surface area contributed by atoms with Crippen molar-refractivity contribution < 1.29 is 4.79 Å². The smallest absolute Gasteiger partial charge is 0.224 e. The second-order valence-electron chi connectivity index (χ2n) is 5.78. The van der Waals surface area contributed by atoms with Gasteiger partial charge in [0.25, 0.3) is 0 Å². The normalized spacial score (nSPS) is 10.9. The van der Waals surface area contributed by atoms with Crippen LogP contribution < -0.4 is 5.32 Å². The molecule has 0 atom stereocenters. The Balaban J connectivity index is 1.37. The molecule has 4 aromatic rings. The number of hydrogen-bond donors (Lipinski definition) is 1. The maximum atomic E-state index is 12.2. The predicted octanol–water partition coefficient (Wildman–Crippen LogP) is 2.38. The number of aromatic nitrogens is 4. The Kier molecular flexibility index (Phi) is 4.00. The van der Waals surface area contributed by atoms with Crippen molar-refractivity contribution in [1.29, 1.82) is 0 Å². The Morgan fingerprint density at radius 1 is 1.04 bits per heavy atom. The number of nitrogens with zero attached hydrogens (tertiary/aromatic N) is 4. The molecular formula is C19H17N5O. The number of nitrogens with one attached hydrogen (secondary N) is 1. The molecule has 1 amide bonds. The first-order chi connectivity index (χ1) is 12.3. The van der Waals surface area contributed by atoms with Gasteiger partial charge < -0.3 is 9.72 Å². The third-order valence-electron chi connectivity index (χ3n) is 3.90. The van der Waals surface area contributed by atoms with Gasteiger partial charge in [-0.1, -0.05) is 24.3 Å². The summed E-state index contributed by atoms with van der Waals surface area (Å²) in [6, 6.07) is 15.6. The van der Waals surface area contributed by atoms with Crippen LogP contribution in [0.25, 0.3) is 11.3 Å². The van der Waals surface area contributed by atoms with E-state index in [0.29, 0.717) is 13.0 Å². The molecule has 0 saturated heterocycles. The number of hydrogen-bond acceptors (Lipinski definition) is 3. The average Bonchev–Trinajstić information content (AvgIpc) is 3.27. The highest BCUT2D eigenvalue weighted by Gasteiger charge is 2.08. The van der Waals surface area contributed by atoms with Crippen molar-refractivity contribution in [3.8, 4) is 5.69 Å². The van der Waals surface area contributed by atoms with E-state index in [0.717, 1.165) is 22.6 Å². The van der Waals surface area contributed by atoms with Gasteiger partial charge in [0.15, 0.2) is 0 Å². The molecule has 4 rings (SSSR count). The molecule has 3 aromatic heterocycles. The highest BCUT2D eigenvalue weighted by molar-refractivity contribution is 5.78. The molecule has 6 heteroatoms. The average molecular weight is 331 g/mol. The summed E-state index contributed by atoms with van der Waals surface area (Å²) in [7, 11) is 0. The van der Waals surface area contributed by atoms with Gasteiger partial charge in [-0.3, -0.25) is 4.79 Å². The van der Waals surface area contributed by atoms with Crippen LogP contribution in [0.1, 0.15) is 11.3 Å². The Hall–Kier alpha value is -3.41. The van der Waals surface area contributed by atoms with Crippen LogP contribution in [0, 0.1) is 0 Å². The van der Waals surface area contributed by atoms with Crippen molar-refractivity contribution in [1.82, 2.24) is 24.5 Å². The van der Waals surface area contributed by atoms with E-state index in [1.54, 1.807) is 10.9 Å². The molecule has 1 N–H and O–H groups in total. The minimum absolute atomic E-state index is 0.0512. The Bertz CT molecular complexity index is 970. The lowest BCUT2D eigenvalue weighted by Crippen LogP contribution is -2.24. The SMILES string of the molecule is O=C(Cc1cnn(-c2ccccc2)c1)NCc1cn2ccccc2n1. The minimum atomic E-state index is -0.0512. The molecule has 3 heterocycles. The standard InChI is InChI=1S/C19H17N5O/c25-19(20-12-16-14-23-9-5-4-8-18(23)22-16)10-15-11-21-24(13-15)17-6-2-1-3-7-17/h1-9,11,13-14H,10,12H2,(H,20,25). The Morgan fingerprint density at radius 3 is 2.72 bits per heavy atom. The summed E-state index contributed by atoms with van der Waals surface area (Å²) >= 11 is 0. The molecule has 0 fully saturated rings. The van der Waals surface area contributed by atoms with Crippen LogP contribution in [-0.2, 0) is 17.8 Å². The van der Waals surface area contributed by atoms with Crippen LogP contribution in [0.2, 0.25) is 0 Å². The fraction of sp³-hybridized carbons (Fsp3) is 0.105. The molecule has 0 aliphatic rings. The maximum absolute atomic E-state index is 12.2. The monoisotopic (exact) mass is 331 g/mol. The van der Waals surface area contributed by atoms with Crippen molar-refractivity contribution in [2.24, 2.45) is 0 Å². The van der Waals surface area contributed by atoms with Gasteiger partial charge >= 0.3 is 0 Å². The summed E-state index contributed by atoms with van der Waals surface area (Å²) in [6.45, 7) is 0.410. The number of pyridine rings is 1. The second-order valence-corrected chi connectivity index (χ2v) is 5.78. The third kappa shape index (κ3) is 3.42. The van der Waals surface area contributed by atoms with E-state index < -0.39 is 0 Å². The van der Waals surface area contributed by atoms with E-state index in [4.69, 9.17) is 0 Å². The summed E-state index contributed by atoms with van der Waals surface area (Å²) < 4.78 is 3.70. The molecular weight excluding hydrogens is 314 g/mol. The van der Waals surface area contributed by atoms with Gasteiger partial charge in [0.1, 0.15) is 5.65 Å². The van der Waals surface area contributed by atoms with E-state index in [1.807, 2.05) is 71.5 Å². The van der Waals surface area contributed by atoms with Crippen LogP contribution in [0.15, 0.2) is 73.3 Å². The molecule has 124 valence electrons. The second kappa shape index (κ2) is 6.60. The minimum Gasteiger partial charge on any atom is -0.350 e. The van der Waals surface area contributed by atoms with Crippen molar-refractivity contribution in [3.05, 3.63) is 84.6 Å². The van der Waals surface area contributed by atoms with Gasteiger partial charge in [0.2, 0.25) is 5.91 Å². The number of carbonyl (C=O) groups is 1. The fourth-order valence-electron chi connectivity index (χ4n) is 2.68. The van der Waals surface area contributed by atoms with Gasteiger partial charge in [0, 0.05) is 18.6 Å². The molecule has 0 aliphatic heterocycles. The highest BCUT2D eigenvalue weighted by atomic mass is 16.1. The molecule has 1 aromatic carbocycles. The third-order valence-corrected chi connectivity index (χ3v) is 3.90. The topological polar surface area (TPSA) is 64.2 Å². The van der Waals surface area contributed by atoms with Crippen molar-refractivity contribution >= 4 is 11.6 Å². The summed E-state index contributed by atoms with van der Waals surface area (Å²) in [5.74, 6) is -0.0512. The Morgan fingerprint density at radius 2 is 1.88 bits per heavy atom. The molecule has 0 unspecified atom stereocenters. The van der Waals surface area contributed by atoms with Crippen LogP contribution in [0.5, 0.6) is 0 Å². The molecule has 0 bridgehead atoms. The van der Waals surface area contributed by atoms with Gasteiger partial charge in [-0.2, -0.15) is 5.10 Å². The van der Waals surface area contributed by atoms with E-state index in [1.165, 1.54) is 0 Å². The molecule has 0 saturated carbocycles. The Labute approximate surface area is 144 Å². The van der Waals surface area contributed by atoms with Gasteiger partial charge in [-0.25, -0.2) is 9.67 Å². The number of rotatable bonds is 5. The summed E-state index contributed by atoms with van der Waals surface area (Å²) in [6.07, 6.45) is 7.74. The summed E-state index contributed by atoms with van der Waals surface area (Å²) in [5, 5.41) is 7.21. The number of fused-ring (bicyclic) bond motifs is 1. The van der Waals surface area contributed by atoms with E-state index in [9.17, 15) is 4.79 Å². The lowest BCUT2D eigenvalue weighted by atomic mass is 10.2. The molecule has 0 radical (unpaired) electrons. The number of benzene rings is 1. The number of imidazole rings is 1. The first kappa shape index (κ1) is 15.1. The first-order valence-electron chi connectivity index (χ1n) is 8.06. The largest absolute Gasteiger partial charge is 0.350 e. The zero-order valence-electron chi connectivity index (χ0n) is 13.5. The lowest BCUT2D eigenvalue weighted by molar-refractivity contribution is -0.120. The van der Waals surface area contributed by atoms with Crippen molar-refractivity contribution in [2.75, 3.05) is 0 Å². The van der Waals surface area contributed by atoms with E-state index in [-0.39, 0.29) is 5.91 Å². The quantitative estimate of drug-likeness (QED) is 0.611. The predicted molar refractivity (Wildman–Crippen MR) is 94.3 cm³/mol. The van der Waals surface area contributed by atoms with Crippen LogP contribution >= 0.6 is 0 Å². The molecule has 0 aliphatic carbocycles. The highest BCUT2D eigenvalue weighted by Crippen LogP contribution is 2.08. The van der Waals surface area contributed by atoms with E-state index in [2.05, 4.69) is 15.4 Å². The zero-order chi connectivity index (χ0) is 17.1. The number of para-hydroxylation sites is 1. The van der Waals surface area contributed by atoms with Gasteiger partial charge in [-0.05, 0) is 29.8 Å². The maximum Gasteiger partial charge on any atom is 0.224 e. The number of amides is 1. The summed E-state index contributed by atoms with van der Waals surface area (Å²) in [5.41, 5.74) is 3.55. The van der Waals surface area contributed by atoms with Crippen molar-refractivity contribution in [2.45, 2.75) is 13.0 Å². The summed E-state index contributed by atoms with van der Waals surface area (Å²) in [4.78, 5) is 16.6. The first-order valence-corrected chi connectivity index (χ1v) is 8.06. The van der Waals surface area contributed by atoms with Crippen LogP contribution in [0.4, 0.5) is 0 Å². The van der Waals surface area contributed by atoms with Gasteiger partial charge in [-0.15, -0.1) is 0 Å². The number of carbonyl (C=O) groups excluding carboxylic acids is 1. The molecule has 0 spiro atoms. The van der Waals surface area contributed by atoms with Crippen molar-refractivity contribution in [3.63, 3.8) is 0 Å². The van der Waals surface area contributed by atoms with Crippen LogP contribution in [-0.4, -0.2) is 25.1 Å². The zero-order valence-corrected chi connectivity index (χ0v) is 13.5. The van der Waals surface area contributed by atoms with Crippen LogP contribution in [0.3, 0.4) is 0 Å². The molecule has 25 heavy (non-hydrogen) atoms. The van der Waals surface area contributed by atoms with E-state index >= 15 is 0 Å². The fourth-order valence-corrected chi connectivity index (χ4v) is 2.68. The lowest BCUT2D eigenvalue weighted by Gasteiger charge is -2.01.